The molecule has 0 bridgehead atoms. The van der Waals surface area contributed by atoms with Gasteiger partial charge in [-0.25, -0.2) is 4.39 Å². The summed E-state index contributed by atoms with van der Waals surface area (Å²) >= 11 is 0. The highest BCUT2D eigenvalue weighted by Crippen LogP contribution is 2.32. The lowest BCUT2D eigenvalue weighted by atomic mass is 10.1. The van der Waals surface area contributed by atoms with Crippen LogP contribution in [0.5, 0.6) is 0 Å². The number of carbonyl (C=O) groups is 1. The van der Waals surface area contributed by atoms with Gasteiger partial charge in [-0.15, -0.1) is 0 Å². The molecule has 0 radical (unpaired) electrons. The molecule has 0 spiro atoms. The van der Waals surface area contributed by atoms with Gasteiger partial charge in [0.2, 0.25) is 0 Å². The van der Waals surface area contributed by atoms with Crippen LogP contribution in [0.25, 0.3) is 0 Å². The number of amides is 1. The lowest BCUT2D eigenvalue weighted by molar-refractivity contribution is -0.140. The number of hydrogen-bond acceptors (Lipinski definition) is 1. The molecular formula is C17H23F4NO. The topological polar surface area (TPSA) is 20.3 Å². The van der Waals surface area contributed by atoms with Gasteiger partial charge in [-0.1, -0.05) is 39.7 Å². The smallest absolute Gasteiger partial charge is 0.338 e. The molecule has 0 heterocycles. The normalized spacial score (nSPS) is 11.8. The molecule has 0 unspecified atom stereocenters. The van der Waals surface area contributed by atoms with Crippen molar-refractivity contribution >= 4 is 5.91 Å². The van der Waals surface area contributed by atoms with Gasteiger partial charge in [-0.3, -0.25) is 4.79 Å². The maximum atomic E-state index is 14.1. The van der Waals surface area contributed by atoms with Crippen LogP contribution >= 0.6 is 0 Å². The van der Waals surface area contributed by atoms with E-state index < -0.39 is 29.0 Å². The van der Waals surface area contributed by atoms with Crippen LogP contribution in [-0.4, -0.2) is 23.9 Å². The van der Waals surface area contributed by atoms with Gasteiger partial charge in [-0.05, 0) is 24.5 Å². The summed E-state index contributed by atoms with van der Waals surface area (Å²) in [5, 5.41) is 0. The zero-order valence-corrected chi connectivity index (χ0v) is 13.7. The maximum Gasteiger partial charge on any atom is 0.419 e. The minimum Gasteiger partial charge on any atom is -0.338 e. The highest BCUT2D eigenvalue weighted by atomic mass is 19.4. The van der Waals surface area contributed by atoms with Crippen molar-refractivity contribution in [1.29, 1.82) is 0 Å². The molecule has 130 valence electrons. The van der Waals surface area contributed by atoms with E-state index >= 15 is 0 Å². The van der Waals surface area contributed by atoms with E-state index in [1.54, 1.807) is 0 Å². The molecule has 6 heteroatoms. The van der Waals surface area contributed by atoms with Gasteiger partial charge in [0.15, 0.2) is 0 Å². The van der Waals surface area contributed by atoms with Crippen molar-refractivity contribution < 1.29 is 22.4 Å². The summed E-state index contributed by atoms with van der Waals surface area (Å²) in [6.45, 7) is 6.63. The summed E-state index contributed by atoms with van der Waals surface area (Å²) in [5.74, 6) is -2.03. The predicted molar refractivity (Wildman–Crippen MR) is 81.7 cm³/mol. The van der Waals surface area contributed by atoms with E-state index in [1.807, 2.05) is 20.8 Å². The van der Waals surface area contributed by atoms with Gasteiger partial charge in [0.05, 0.1) is 11.1 Å². The first kappa shape index (κ1) is 19.5. The van der Waals surface area contributed by atoms with E-state index in [0.29, 0.717) is 19.2 Å². The molecular weight excluding hydrogens is 310 g/mol. The molecule has 1 aromatic carbocycles. The van der Waals surface area contributed by atoms with Crippen LogP contribution in [0.1, 0.15) is 56.0 Å². The predicted octanol–water partition coefficient (Wildman–Crippen LogP) is 5.13. The Morgan fingerprint density at radius 2 is 1.87 bits per heavy atom. The van der Waals surface area contributed by atoms with E-state index in [4.69, 9.17) is 0 Å². The van der Waals surface area contributed by atoms with Crippen molar-refractivity contribution in [3.8, 4) is 0 Å². The number of unbranched alkanes of at least 4 members (excludes halogenated alkanes) is 2. The fourth-order valence-electron chi connectivity index (χ4n) is 2.36. The molecule has 0 saturated heterocycles. The molecule has 1 rings (SSSR count). The third kappa shape index (κ3) is 5.52. The van der Waals surface area contributed by atoms with Crippen LogP contribution in [0.2, 0.25) is 0 Å². The van der Waals surface area contributed by atoms with Crippen LogP contribution in [-0.2, 0) is 6.18 Å². The van der Waals surface area contributed by atoms with E-state index in [-0.39, 0.29) is 5.92 Å². The number of hydrogen-bond donors (Lipinski definition) is 0. The molecule has 0 aliphatic rings. The van der Waals surface area contributed by atoms with E-state index in [9.17, 15) is 22.4 Å². The molecule has 1 amide bonds. The van der Waals surface area contributed by atoms with E-state index in [1.165, 1.54) is 4.90 Å². The Balaban J connectivity index is 3.08. The highest BCUT2D eigenvalue weighted by Gasteiger charge is 2.36. The van der Waals surface area contributed by atoms with E-state index in [0.717, 1.165) is 31.4 Å². The van der Waals surface area contributed by atoms with Gasteiger partial charge in [-0.2, -0.15) is 13.2 Å². The number of benzene rings is 1. The lowest BCUT2D eigenvalue weighted by Gasteiger charge is -2.25. The molecule has 1 aromatic rings. The average molecular weight is 333 g/mol. The third-order valence-corrected chi connectivity index (χ3v) is 3.44. The monoisotopic (exact) mass is 333 g/mol. The first-order chi connectivity index (χ1) is 10.7. The van der Waals surface area contributed by atoms with Crippen molar-refractivity contribution in [1.82, 2.24) is 4.90 Å². The Hall–Kier alpha value is -1.59. The molecule has 0 aromatic heterocycles. The Labute approximate surface area is 134 Å². The van der Waals surface area contributed by atoms with Crippen LogP contribution < -0.4 is 0 Å². The number of nitrogens with zero attached hydrogens (tertiary/aromatic N) is 1. The van der Waals surface area contributed by atoms with Crippen LogP contribution in [0, 0.1) is 11.7 Å². The summed E-state index contributed by atoms with van der Waals surface area (Å²) in [4.78, 5) is 13.9. The molecule has 0 aliphatic carbocycles. The van der Waals surface area contributed by atoms with Crippen LogP contribution in [0.15, 0.2) is 18.2 Å². The summed E-state index contributed by atoms with van der Waals surface area (Å²) in [6, 6.07) is 2.83. The second-order valence-electron chi connectivity index (χ2n) is 6.02. The molecule has 0 aliphatic heterocycles. The van der Waals surface area contributed by atoms with Crippen LogP contribution in [0.4, 0.5) is 17.6 Å². The fourth-order valence-corrected chi connectivity index (χ4v) is 2.36. The Kier molecular flexibility index (Phi) is 7.03. The molecule has 0 fully saturated rings. The first-order valence-corrected chi connectivity index (χ1v) is 7.83. The quantitative estimate of drug-likeness (QED) is 0.500. The van der Waals surface area contributed by atoms with Gasteiger partial charge in [0.1, 0.15) is 5.82 Å². The largest absolute Gasteiger partial charge is 0.419 e. The maximum absolute atomic E-state index is 14.1. The van der Waals surface area contributed by atoms with Crippen molar-refractivity contribution in [2.75, 3.05) is 13.1 Å². The van der Waals surface area contributed by atoms with Crippen molar-refractivity contribution in [2.45, 2.75) is 46.2 Å². The zero-order chi connectivity index (χ0) is 17.6. The van der Waals surface area contributed by atoms with Gasteiger partial charge in [0, 0.05) is 13.1 Å². The average Bonchev–Trinajstić information content (AvgIpc) is 2.44. The highest BCUT2D eigenvalue weighted by molar-refractivity contribution is 5.94. The van der Waals surface area contributed by atoms with Crippen molar-refractivity contribution in [3.63, 3.8) is 0 Å². The van der Waals surface area contributed by atoms with Gasteiger partial charge < -0.3 is 4.90 Å². The number of alkyl halides is 3. The zero-order valence-electron chi connectivity index (χ0n) is 13.7. The second kappa shape index (κ2) is 8.31. The molecule has 0 atom stereocenters. The Morgan fingerprint density at radius 3 is 2.39 bits per heavy atom. The van der Waals surface area contributed by atoms with Crippen molar-refractivity contribution in [2.24, 2.45) is 5.92 Å². The summed E-state index contributed by atoms with van der Waals surface area (Å²) in [5.41, 5.74) is -1.92. The van der Waals surface area contributed by atoms with Gasteiger partial charge in [0.25, 0.3) is 5.91 Å². The summed E-state index contributed by atoms with van der Waals surface area (Å²) < 4.78 is 52.5. The van der Waals surface area contributed by atoms with E-state index in [2.05, 4.69) is 0 Å². The molecule has 2 nitrogen and oxygen atoms in total. The summed E-state index contributed by atoms with van der Waals surface area (Å²) in [7, 11) is 0. The third-order valence-electron chi connectivity index (χ3n) is 3.44. The minimum absolute atomic E-state index is 0.148. The Bertz CT molecular complexity index is 526. The number of halogens is 4. The number of carbonyl (C=O) groups excluding carboxylic acids is 1. The minimum atomic E-state index is -4.81. The fraction of sp³-hybridized carbons (Fsp3) is 0.588. The lowest BCUT2D eigenvalue weighted by Crippen LogP contribution is -2.36. The SMILES string of the molecule is CCCCCN(CC(C)C)C(=O)c1cccc(C(F)(F)F)c1F. The molecule has 0 N–H and O–H groups in total. The van der Waals surface area contributed by atoms with Crippen molar-refractivity contribution in [3.05, 3.63) is 35.1 Å². The van der Waals surface area contributed by atoms with Crippen LogP contribution in [0.3, 0.4) is 0 Å². The standard InChI is InChI=1S/C17H23F4NO/c1-4-5-6-10-22(11-12(2)3)16(23)13-8-7-9-14(15(13)18)17(19,20)21/h7-9,12H,4-6,10-11H2,1-3H3. The van der Waals surface area contributed by atoms with Gasteiger partial charge >= 0.3 is 6.18 Å². The summed E-state index contributed by atoms with van der Waals surface area (Å²) in [6.07, 6.45) is -2.20. The molecule has 23 heavy (non-hydrogen) atoms. The Morgan fingerprint density at radius 1 is 1.22 bits per heavy atom. The first-order valence-electron chi connectivity index (χ1n) is 7.83. The number of rotatable bonds is 7. The second-order valence-corrected chi connectivity index (χ2v) is 6.02. The molecule has 0 saturated carbocycles.